The van der Waals surface area contributed by atoms with Crippen LogP contribution in [0.4, 0.5) is 11.5 Å². The van der Waals surface area contributed by atoms with Crippen molar-refractivity contribution in [3.05, 3.63) is 20.8 Å². The Balaban J connectivity index is 2.84. The Kier molecular flexibility index (Phi) is 2.87. The second-order valence-electron chi connectivity index (χ2n) is 4.08. The molecule has 6 heteroatoms. The molecular weight excluding hydrogens is 220 g/mol. The number of aliphatic imine (C=N–C) groups is 1. The minimum absolute atomic E-state index is 0.181. The number of anilines is 1. The van der Waals surface area contributed by atoms with Crippen LogP contribution in [0, 0.1) is 0 Å². The van der Waals surface area contributed by atoms with E-state index in [9.17, 15) is 9.59 Å². The molecule has 0 radical (unpaired) electrons. The van der Waals surface area contributed by atoms with Gasteiger partial charge in [0.25, 0.3) is 5.56 Å². The molecule has 1 N–H and O–H groups in total. The molecule has 0 aliphatic heterocycles. The maximum atomic E-state index is 12.1. The molecule has 1 fully saturated rings. The third kappa shape index (κ3) is 1.79. The van der Waals surface area contributed by atoms with E-state index in [4.69, 9.17) is 0 Å². The van der Waals surface area contributed by atoms with Crippen LogP contribution in [0.25, 0.3) is 0 Å². The van der Waals surface area contributed by atoms with Gasteiger partial charge in [0.05, 0.1) is 0 Å². The largest absolute Gasteiger partial charge is 0.381 e. The number of rotatable bonds is 3. The predicted octanol–water partition coefficient (Wildman–Crippen LogP) is 0.646. The van der Waals surface area contributed by atoms with Gasteiger partial charge in [-0.25, -0.2) is 9.79 Å². The Hall–Kier alpha value is -1.85. The lowest BCUT2D eigenvalue weighted by Gasteiger charge is -2.13. The fourth-order valence-corrected chi connectivity index (χ4v) is 1.85. The van der Waals surface area contributed by atoms with Crippen LogP contribution in [0.5, 0.6) is 0 Å². The van der Waals surface area contributed by atoms with Crippen molar-refractivity contribution in [3.63, 3.8) is 0 Å². The van der Waals surface area contributed by atoms with E-state index in [-0.39, 0.29) is 17.3 Å². The molecule has 0 amide bonds. The summed E-state index contributed by atoms with van der Waals surface area (Å²) in [5.41, 5.74) is -0.260. The molecule has 92 valence electrons. The van der Waals surface area contributed by atoms with Crippen LogP contribution in [0.1, 0.15) is 25.8 Å². The van der Waals surface area contributed by atoms with Gasteiger partial charge in [-0.15, -0.1) is 0 Å². The average molecular weight is 236 g/mol. The Bertz CT molecular complexity index is 578. The summed E-state index contributed by atoms with van der Waals surface area (Å²) in [6, 6.07) is 0.181. The van der Waals surface area contributed by atoms with Gasteiger partial charge in [-0.1, -0.05) is 0 Å². The Labute approximate surface area is 98.6 Å². The number of aromatic nitrogens is 2. The molecule has 1 aliphatic rings. The van der Waals surface area contributed by atoms with Crippen molar-refractivity contribution in [2.24, 2.45) is 12.0 Å². The van der Waals surface area contributed by atoms with Crippen molar-refractivity contribution in [2.45, 2.75) is 25.8 Å². The highest BCUT2D eigenvalue weighted by atomic mass is 16.2. The molecule has 0 aromatic carbocycles. The van der Waals surface area contributed by atoms with Crippen LogP contribution in [-0.4, -0.2) is 22.4 Å². The van der Waals surface area contributed by atoms with E-state index in [1.165, 1.54) is 7.05 Å². The molecule has 2 rings (SSSR count). The second kappa shape index (κ2) is 4.20. The topological polar surface area (TPSA) is 68.4 Å². The quantitative estimate of drug-likeness (QED) is 0.783. The molecule has 0 bridgehead atoms. The number of hydrogen-bond acceptors (Lipinski definition) is 4. The molecule has 1 aromatic heterocycles. The average Bonchev–Trinajstić information content (AvgIpc) is 3.12. The maximum Gasteiger partial charge on any atom is 0.332 e. The second-order valence-corrected chi connectivity index (χ2v) is 4.08. The molecule has 17 heavy (non-hydrogen) atoms. The zero-order valence-corrected chi connectivity index (χ0v) is 10.2. The first-order valence-electron chi connectivity index (χ1n) is 5.63. The molecule has 1 aliphatic carbocycles. The summed E-state index contributed by atoms with van der Waals surface area (Å²) >= 11 is 0. The zero-order valence-electron chi connectivity index (χ0n) is 10.2. The summed E-state index contributed by atoms with van der Waals surface area (Å²) in [6.07, 6.45) is 3.52. The molecule has 1 saturated carbocycles. The fourth-order valence-electron chi connectivity index (χ4n) is 1.85. The van der Waals surface area contributed by atoms with E-state index in [1.54, 1.807) is 24.8 Å². The van der Waals surface area contributed by atoms with Crippen molar-refractivity contribution in [1.82, 2.24) is 9.13 Å². The Morgan fingerprint density at radius 3 is 2.53 bits per heavy atom. The van der Waals surface area contributed by atoms with Crippen LogP contribution in [0.3, 0.4) is 0 Å². The first-order chi connectivity index (χ1) is 8.11. The fraction of sp³-hybridized carbons (Fsp3) is 0.545. The highest BCUT2D eigenvalue weighted by Crippen LogP contribution is 2.37. The van der Waals surface area contributed by atoms with E-state index in [1.807, 2.05) is 0 Å². The van der Waals surface area contributed by atoms with E-state index in [0.717, 1.165) is 17.4 Å². The molecule has 0 saturated heterocycles. The number of nitrogens with zero attached hydrogens (tertiary/aromatic N) is 3. The lowest BCUT2D eigenvalue weighted by atomic mass is 10.4. The van der Waals surface area contributed by atoms with E-state index in [2.05, 4.69) is 10.3 Å². The maximum absolute atomic E-state index is 12.1. The van der Waals surface area contributed by atoms with Crippen molar-refractivity contribution < 1.29 is 0 Å². The standard InChI is InChI=1S/C11H16N4O2/c1-4-13-9-8(12-2)10(16)14(3)11(17)15(9)7-5-6-7/h4,7,12H,5-6H2,1-3H3. The van der Waals surface area contributed by atoms with Crippen LogP contribution >= 0.6 is 0 Å². The van der Waals surface area contributed by atoms with Crippen molar-refractivity contribution >= 4 is 17.7 Å². The molecule has 1 heterocycles. The third-order valence-corrected chi connectivity index (χ3v) is 2.88. The van der Waals surface area contributed by atoms with Gasteiger partial charge in [0.2, 0.25) is 0 Å². The number of hydrogen-bond donors (Lipinski definition) is 1. The molecule has 0 unspecified atom stereocenters. The summed E-state index contributed by atoms with van der Waals surface area (Å²) in [5, 5.41) is 2.83. The minimum Gasteiger partial charge on any atom is -0.381 e. The number of nitrogens with one attached hydrogen (secondary N) is 1. The molecule has 1 aromatic rings. The normalized spacial score (nSPS) is 15.5. The highest BCUT2D eigenvalue weighted by Gasteiger charge is 2.29. The van der Waals surface area contributed by atoms with Gasteiger partial charge >= 0.3 is 5.69 Å². The van der Waals surface area contributed by atoms with Gasteiger partial charge in [0, 0.05) is 26.4 Å². The van der Waals surface area contributed by atoms with Gasteiger partial charge in [-0.3, -0.25) is 13.9 Å². The van der Waals surface area contributed by atoms with E-state index >= 15 is 0 Å². The molecular formula is C11H16N4O2. The summed E-state index contributed by atoms with van der Waals surface area (Å²) in [5.74, 6) is 0.436. The smallest absolute Gasteiger partial charge is 0.332 e. The van der Waals surface area contributed by atoms with Gasteiger partial charge in [-0.2, -0.15) is 0 Å². The van der Waals surface area contributed by atoms with Gasteiger partial charge < -0.3 is 5.32 Å². The van der Waals surface area contributed by atoms with Crippen LogP contribution in [0.15, 0.2) is 14.6 Å². The molecule has 0 atom stereocenters. The van der Waals surface area contributed by atoms with Crippen LogP contribution in [0.2, 0.25) is 0 Å². The highest BCUT2D eigenvalue weighted by molar-refractivity contribution is 5.68. The molecule has 0 spiro atoms. The van der Waals surface area contributed by atoms with Crippen molar-refractivity contribution in [3.8, 4) is 0 Å². The SMILES string of the molecule is CC=Nc1c(NC)c(=O)n(C)c(=O)n1C1CC1. The Morgan fingerprint density at radius 2 is 2.06 bits per heavy atom. The first-order valence-corrected chi connectivity index (χ1v) is 5.63. The van der Waals surface area contributed by atoms with Crippen molar-refractivity contribution in [2.75, 3.05) is 12.4 Å². The van der Waals surface area contributed by atoms with Gasteiger partial charge in [0.1, 0.15) is 5.69 Å². The van der Waals surface area contributed by atoms with E-state index in [0.29, 0.717) is 11.5 Å². The lowest BCUT2D eigenvalue weighted by molar-refractivity contribution is 0.624. The first kappa shape index (κ1) is 11.6. The van der Waals surface area contributed by atoms with E-state index < -0.39 is 0 Å². The van der Waals surface area contributed by atoms with Crippen LogP contribution < -0.4 is 16.6 Å². The zero-order chi connectivity index (χ0) is 12.6. The van der Waals surface area contributed by atoms with Gasteiger partial charge in [0.15, 0.2) is 5.82 Å². The minimum atomic E-state index is -0.338. The third-order valence-electron chi connectivity index (χ3n) is 2.88. The van der Waals surface area contributed by atoms with Crippen LogP contribution in [-0.2, 0) is 7.05 Å². The summed E-state index contributed by atoms with van der Waals surface area (Å²) < 4.78 is 2.73. The van der Waals surface area contributed by atoms with Gasteiger partial charge in [-0.05, 0) is 19.8 Å². The predicted molar refractivity (Wildman–Crippen MR) is 67.6 cm³/mol. The molecule has 6 nitrogen and oxygen atoms in total. The van der Waals surface area contributed by atoms with Crippen molar-refractivity contribution in [1.29, 1.82) is 0 Å². The lowest BCUT2D eigenvalue weighted by Crippen LogP contribution is -2.38. The summed E-state index contributed by atoms with van der Waals surface area (Å²) in [7, 11) is 3.15. The summed E-state index contributed by atoms with van der Waals surface area (Å²) in [4.78, 5) is 28.1. The monoisotopic (exact) mass is 236 g/mol. The Morgan fingerprint density at radius 1 is 1.41 bits per heavy atom. The summed E-state index contributed by atoms with van der Waals surface area (Å²) in [6.45, 7) is 1.76.